The zero-order valence-corrected chi connectivity index (χ0v) is 10.8. The van der Waals surface area contributed by atoms with E-state index in [1.54, 1.807) is 13.1 Å². The number of hydrogen-bond acceptors (Lipinski definition) is 3. The van der Waals surface area contributed by atoms with Crippen LogP contribution in [0.1, 0.15) is 18.4 Å². The van der Waals surface area contributed by atoms with Gasteiger partial charge in [0.2, 0.25) is 10.0 Å². The summed E-state index contributed by atoms with van der Waals surface area (Å²) in [4.78, 5) is 0. The van der Waals surface area contributed by atoms with E-state index in [0.29, 0.717) is 18.2 Å². The average Bonchev–Trinajstić information content (AvgIpc) is 3.11. The quantitative estimate of drug-likeness (QED) is 0.862. The van der Waals surface area contributed by atoms with Crippen molar-refractivity contribution in [2.75, 3.05) is 17.1 Å². The van der Waals surface area contributed by atoms with Crippen molar-refractivity contribution in [3.63, 3.8) is 0 Å². The van der Waals surface area contributed by atoms with Crippen LogP contribution in [0.4, 0.5) is 5.69 Å². The molecule has 1 aromatic rings. The van der Waals surface area contributed by atoms with Crippen molar-refractivity contribution in [2.24, 2.45) is 11.7 Å². The van der Waals surface area contributed by atoms with E-state index >= 15 is 0 Å². The lowest BCUT2D eigenvalue weighted by molar-refractivity contribution is 0.590. The summed E-state index contributed by atoms with van der Waals surface area (Å²) in [5.41, 5.74) is 7.17. The SMILES string of the molecule is CN(c1ccccc1CN)S(=O)(=O)CC1CC1. The Balaban J connectivity index is 2.25. The van der Waals surface area contributed by atoms with Gasteiger partial charge in [-0.05, 0) is 30.4 Å². The number of benzene rings is 1. The lowest BCUT2D eigenvalue weighted by Gasteiger charge is -2.21. The first kappa shape index (κ1) is 12.4. The summed E-state index contributed by atoms with van der Waals surface area (Å²) in [6.07, 6.45) is 2.07. The number of sulfonamides is 1. The molecule has 0 aliphatic heterocycles. The van der Waals surface area contributed by atoms with Crippen LogP contribution in [0.5, 0.6) is 0 Å². The van der Waals surface area contributed by atoms with Gasteiger partial charge in [-0.1, -0.05) is 18.2 Å². The number of para-hydroxylation sites is 1. The van der Waals surface area contributed by atoms with Crippen molar-refractivity contribution < 1.29 is 8.42 Å². The van der Waals surface area contributed by atoms with Crippen molar-refractivity contribution in [3.05, 3.63) is 29.8 Å². The molecule has 0 bridgehead atoms. The predicted octanol–water partition coefficient (Wildman–Crippen LogP) is 1.32. The van der Waals surface area contributed by atoms with E-state index in [9.17, 15) is 8.42 Å². The molecule has 0 aromatic heterocycles. The minimum absolute atomic E-state index is 0.252. The van der Waals surface area contributed by atoms with Gasteiger partial charge >= 0.3 is 0 Å². The Morgan fingerprint density at radius 2 is 2.00 bits per heavy atom. The van der Waals surface area contributed by atoms with Gasteiger partial charge in [-0.25, -0.2) is 8.42 Å². The molecule has 1 fully saturated rings. The Kier molecular flexibility index (Phi) is 3.40. The van der Waals surface area contributed by atoms with Crippen LogP contribution in [0.3, 0.4) is 0 Å². The third kappa shape index (κ3) is 2.79. The fraction of sp³-hybridized carbons (Fsp3) is 0.500. The Morgan fingerprint density at radius 3 is 2.59 bits per heavy atom. The Hall–Kier alpha value is -1.07. The molecule has 2 N–H and O–H groups in total. The van der Waals surface area contributed by atoms with E-state index in [4.69, 9.17) is 5.73 Å². The molecule has 5 heteroatoms. The first-order valence-corrected chi connectivity index (χ1v) is 7.40. The molecule has 1 aliphatic rings. The average molecular weight is 254 g/mol. The van der Waals surface area contributed by atoms with Crippen molar-refractivity contribution >= 4 is 15.7 Å². The molecule has 0 spiro atoms. The van der Waals surface area contributed by atoms with Crippen LogP contribution in [0.2, 0.25) is 0 Å². The topological polar surface area (TPSA) is 63.4 Å². The number of anilines is 1. The highest BCUT2D eigenvalue weighted by Gasteiger charge is 2.31. The summed E-state index contributed by atoms with van der Waals surface area (Å²) in [6, 6.07) is 7.36. The van der Waals surface area contributed by atoms with Gasteiger partial charge in [-0.3, -0.25) is 4.31 Å². The minimum Gasteiger partial charge on any atom is -0.326 e. The molecule has 1 aromatic carbocycles. The van der Waals surface area contributed by atoms with Crippen LogP contribution >= 0.6 is 0 Å². The second kappa shape index (κ2) is 4.66. The molecule has 0 atom stereocenters. The molecule has 1 aliphatic carbocycles. The first-order valence-electron chi connectivity index (χ1n) is 5.79. The van der Waals surface area contributed by atoms with E-state index in [2.05, 4.69) is 0 Å². The second-order valence-electron chi connectivity index (χ2n) is 4.52. The van der Waals surface area contributed by atoms with Gasteiger partial charge in [0.1, 0.15) is 0 Å². The molecule has 2 rings (SSSR count). The van der Waals surface area contributed by atoms with Gasteiger partial charge in [0.15, 0.2) is 0 Å². The van der Waals surface area contributed by atoms with Gasteiger partial charge in [0.05, 0.1) is 11.4 Å². The van der Waals surface area contributed by atoms with Crippen LogP contribution in [0, 0.1) is 5.92 Å². The maximum absolute atomic E-state index is 12.1. The van der Waals surface area contributed by atoms with Crippen molar-refractivity contribution in [1.29, 1.82) is 0 Å². The van der Waals surface area contributed by atoms with Crippen LogP contribution in [0.25, 0.3) is 0 Å². The van der Waals surface area contributed by atoms with Gasteiger partial charge in [-0.15, -0.1) is 0 Å². The largest absolute Gasteiger partial charge is 0.326 e. The third-order valence-corrected chi connectivity index (χ3v) is 5.04. The summed E-state index contributed by atoms with van der Waals surface area (Å²) in [5, 5.41) is 0. The van der Waals surface area contributed by atoms with Crippen molar-refractivity contribution in [1.82, 2.24) is 0 Å². The Morgan fingerprint density at radius 1 is 1.35 bits per heavy atom. The molecule has 17 heavy (non-hydrogen) atoms. The predicted molar refractivity (Wildman–Crippen MR) is 69.2 cm³/mol. The zero-order chi connectivity index (χ0) is 12.5. The maximum atomic E-state index is 12.1. The normalized spacial score (nSPS) is 15.9. The molecule has 94 valence electrons. The third-order valence-electron chi connectivity index (χ3n) is 3.11. The van der Waals surface area contributed by atoms with Crippen molar-refractivity contribution in [2.45, 2.75) is 19.4 Å². The summed E-state index contributed by atoms with van der Waals surface area (Å²) in [7, 11) is -1.60. The van der Waals surface area contributed by atoms with E-state index < -0.39 is 10.0 Å². The standard InChI is InChI=1S/C12H18N2O2S/c1-14(17(15,16)9-10-6-7-10)12-5-3-2-4-11(12)8-13/h2-5,10H,6-9,13H2,1H3. The van der Waals surface area contributed by atoms with Gasteiger partial charge in [0, 0.05) is 13.6 Å². The van der Waals surface area contributed by atoms with Gasteiger partial charge in [-0.2, -0.15) is 0 Å². The van der Waals surface area contributed by atoms with Gasteiger partial charge in [0.25, 0.3) is 0 Å². The van der Waals surface area contributed by atoms with Gasteiger partial charge < -0.3 is 5.73 Å². The molecule has 0 amide bonds. The van der Waals surface area contributed by atoms with Crippen LogP contribution in [-0.2, 0) is 16.6 Å². The van der Waals surface area contributed by atoms with Crippen LogP contribution in [-0.4, -0.2) is 21.2 Å². The highest BCUT2D eigenvalue weighted by Crippen LogP contribution is 2.32. The molecule has 0 saturated heterocycles. The van der Waals surface area contributed by atoms with Crippen LogP contribution in [0.15, 0.2) is 24.3 Å². The highest BCUT2D eigenvalue weighted by molar-refractivity contribution is 7.92. The number of hydrogen-bond donors (Lipinski definition) is 1. The fourth-order valence-corrected chi connectivity index (χ4v) is 3.47. The minimum atomic E-state index is -3.20. The lowest BCUT2D eigenvalue weighted by Crippen LogP contribution is -2.30. The number of nitrogens with two attached hydrogens (primary N) is 1. The Bertz CT molecular complexity index is 495. The second-order valence-corrected chi connectivity index (χ2v) is 6.57. The maximum Gasteiger partial charge on any atom is 0.235 e. The summed E-state index contributed by atoms with van der Waals surface area (Å²) >= 11 is 0. The number of nitrogens with zero attached hydrogens (tertiary/aromatic N) is 1. The summed E-state index contributed by atoms with van der Waals surface area (Å²) < 4.78 is 25.6. The molecule has 4 nitrogen and oxygen atoms in total. The Labute approximate surface area is 102 Å². The summed E-state index contributed by atoms with van der Waals surface area (Å²) in [6.45, 7) is 0.347. The fourth-order valence-electron chi connectivity index (χ4n) is 1.83. The molecule has 1 saturated carbocycles. The van der Waals surface area contributed by atoms with E-state index in [-0.39, 0.29) is 5.75 Å². The first-order chi connectivity index (χ1) is 8.04. The molecule has 0 radical (unpaired) electrons. The highest BCUT2D eigenvalue weighted by atomic mass is 32.2. The zero-order valence-electron chi connectivity index (χ0n) is 9.96. The summed E-state index contributed by atoms with van der Waals surface area (Å²) in [5.74, 6) is 0.607. The number of rotatable bonds is 5. The van der Waals surface area contributed by atoms with E-state index in [1.165, 1.54) is 4.31 Å². The van der Waals surface area contributed by atoms with E-state index in [1.807, 2.05) is 18.2 Å². The molecular formula is C12H18N2O2S. The van der Waals surface area contributed by atoms with Crippen LogP contribution < -0.4 is 10.0 Å². The monoisotopic (exact) mass is 254 g/mol. The van der Waals surface area contributed by atoms with E-state index in [0.717, 1.165) is 18.4 Å². The van der Waals surface area contributed by atoms with Crippen molar-refractivity contribution in [3.8, 4) is 0 Å². The molecule has 0 unspecified atom stereocenters. The smallest absolute Gasteiger partial charge is 0.235 e. The molecular weight excluding hydrogens is 236 g/mol. The molecule has 0 heterocycles. The lowest BCUT2D eigenvalue weighted by atomic mass is 10.2.